The highest BCUT2D eigenvalue weighted by molar-refractivity contribution is 14.1. The molecular weight excluding hydrogens is 1550 g/mol. The first kappa shape index (κ1) is 70.2. The number of aromatic nitrogens is 6. The van der Waals surface area contributed by atoms with Crippen molar-refractivity contribution >= 4 is 227 Å². The van der Waals surface area contributed by atoms with Gasteiger partial charge in [0.25, 0.3) is 0 Å². The number of thiophene rings is 3. The van der Waals surface area contributed by atoms with E-state index in [2.05, 4.69) is 313 Å². The molecular formula is C93H64B2Cl2IN6O2S3. The maximum absolute atomic E-state index is 6.33. The van der Waals surface area contributed by atoms with E-state index in [4.69, 9.17) is 47.5 Å². The smallest absolute Gasteiger partial charge is 0.399 e. The molecule has 0 bridgehead atoms. The third-order valence-electron chi connectivity index (χ3n) is 20.9. The number of benzene rings is 12. The van der Waals surface area contributed by atoms with Crippen LogP contribution in [0.3, 0.4) is 0 Å². The highest BCUT2D eigenvalue weighted by atomic mass is 127. The summed E-state index contributed by atoms with van der Waals surface area (Å²) >= 11 is 20.2. The summed E-state index contributed by atoms with van der Waals surface area (Å²) < 4.78 is 26.4. The number of para-hydroxylation sites is 8. The minimum Gasteiger partial charge on any atom is -0.399 e. The maximum atomic E-state index is 6.33. The molecule has 0 spiro atoms. The van der Waals surface area contributed by atoms with E-state index in [-0.39, 0.29) is 19.6 Å². The summed E-state index contributed by atoms with van der Waals surface area (Å²) in [7, 11) is -0.396. The molecule has 0 aliphatic carbocycles. The van der Waals surface area contributed by atoms with Gasteiger partial charge in [-0.15, -0.1) is 34.0 Å². The molecule has 22 rings (SSSR count). The maximum Gasteiger partial charge on any atom is 0.494 e. The Bertz CT molecular complexity index is 7030. The van der Waals surface area contributed by atoms with Gasteiger partial charge in [-0.3, -0.25) is 0 Å². The Hall–Kier alpha value is -10.5. The van der Waals surface area contributed by atoms with Gasteiger partial charge in [-0.25, -0.2) is 15.0 Å². The van der Waals surface area contributed by atoms with E-state index in [1.807, 2.05) is 94.7 Å². The fraction of sp³-hybridized carbons (Fsp3) is 0.0645. The number of pyridine rings is 3. The van der Waals surface area contributed by atoms with Crippen molar-refractivity contribution in [3.63, 3.8) is 0 Å². The van der Waals surface area contributed by atoms with Gasteiger partial charge in [0.2, 0.25) is 0 Å². The van der Waals surface area contributed by atoms with E-state index in [1.165, 1.54) is 108 Å². The van der Waals surface area contributed by atoms with Crippen molar-refractivity contribution in [2.75, 3.05) is 0 Å². The van der Waals surface area contributed by atoms with Crippen LogP contribution < -0.4 is 5.46 Å². The first-order valence-electron chi connectivity index (χ1n) is 35.8. The van der Waals surface area contributed by atoms with Gasteiger partial charge in [-0.05, 0) is 153 Å². The molecule has 1 fully saturated rings. The second-order valence-electron chi connectivity index (χ2n) is 28.0. The standard InChI is InChI=1S/C35H29BN2O2S.C29H17ClN2S.C23H13ClN2S.C6H5I.B/c1-34(2)35(3,4)40-36(39-34)23-20-18-22(19-21-23)30-29-31-33(41-32(29)25-14-8-10-16-27(25)37-30)26-15-9-11-17-28(26)38(31)24-12-6-5-7-13-24;30-19-16-14-18(15-17-19)26-25-27-29(33-28(25)21-10-4-6-12-23(21)31-26)22-11-5-7-13-24(22)32(27)20-8-2-1-3-9-20;24-14-11-9-13(10-12-14)20-19-21-23(16-6-2-4-8-18(16)26-21)27-22(19)15-5-1-3-7-17(15)25-20;7-6-4-2-1-3-5-6;/h5-21H,1-4H3;1-17H;1-12,26H;1-5H;. The van der Waals surface area contributed by atoms with Crippen LogP contribution in [0.1, 0.15) is 27.7 Å². The molecule has 1 saturated heterocycles. The first-order valence-corrected chi connectivity index (χ1v) is 40.1. The van der Waals surface area contributed by atoms with Crippen molar-refractivity contribution in [2.24, 2.45) is 0 Å². The van der Waals surface area contributed by atoms with Gasteiger partial charge in [0.1, 0.15) is 0 Å². The molecule has 1 aliphatic heterocycles. The lowest BCUT2D eigenvalue weighted by Gasteiger charge is -2.32. The van der Waals surface area contributed by atoms with Crippen LogP contribution in [-0.2, 0) is 9.31 Å². The average Bonchev–Trinajstić information content (AvgIpc) is 1.56. The Kier molecular flexibility index (Phi) is 18.4. The zero-order valence-electron chi connectivity index (χ0n) is 59.5. The molecule has 12 aromatic carbocycles. The van der Waals surface area contributed by atoms with E-state index in [0.29, 0.717) is 0 Å². The Morgan fingerprint density at radius 1 is 0.358 bits per heavy atom. The van der Waals surface area contributed by atoms with Gasteiger partial charge in [0.05, 0.1) is 86.5 Å². The van der Waals surface area contributed by atoms with Crippen molar-refractivity contribution in [2.45, 2.75) is 38.9 Å². The van der Waals surface area contributed by atoms with Gasteiger partial charge < -0.3 is 23.4 Å². The Balaban J connectivity index is 0.000000111. The summed E-state index contributed by atoms with van der Waals surface area (Å²) in [6.07, 6.45) is 0. The van der Waals surface area contributed by atoms with Crippen molar-refractivity contribution < 1.29 is 9.31 Å². The normalized spacial score (nSPS) is 13.3. The molecule has 0 amide bonds. The number of nitrogens with one attached hydrogen (secondary N) is 1. The van der Waals surface area contributed by atoms with E-state index in [0.717, 1.165) is 82.7 Å². The molecule has 16 heteroatoms. The van der Waals surface area contributed by atoms with Gasteiger partial charge in [-0.1, -0.05) is 236 Å². The quantitative estimate of drug-likeness (QED) is 0.132. The highest BCUT2D eigenvalue weighted by Crippen LogP contribution is 2.51. The molecule has 0 unspecified atom stereocenters. The molecule has 109 heavy (non-hydrogen) atoms. The number of hydrogen-bond donors (Lipinski definition) is 1. The molecule has 21 aromatic rings. The number of halogens is 3. The summed E-state index contributed by atoms with van der Waals surface area (Å²) in [4.78, 5) is 19.2. The largest absolute Gasteiger partial charge is 0.494 e. The lowest BCUT2D eigenvalue weighted by molar-refractivity contribution is 0.00578. The van der Waals surface area contributed by atoms with Gasteiger partial charge in [0.15, 0.2) is 0 Å². The predicted molar refractivity (Wildman–Crippen MR) is 476 cm³/mol. The molecule has 9 aromatic heterocycles. The van der Waals surface area contributed by atoms with Crippen LogP contribution in [0.15, 0.2) is 309 Å². The zero-order valence-corrected chi connectivity index (χ0v) is 65.6. The second kappa shape index (κ2) is 28.5. The molecule has 1 N–H and O–H groups in total. The number of H-pyrrole nitrogens is 1. The zero-order chi connectivity index (χ0) is 72.9. The van der Waals surface area contributed by atoms with Crippen LogP contribution in [0.2, 0.25) is 10.0 Å². The van der Waals surface area contributed by atoms with Gasteiger partial charge in [-0.2, -0.15) is 0 Å². The Morgan fingerprint density at radius 2 is 0.697 bits per heavy atom. The van der Waals surface area contributed by atoms with Crippen LogP contribution in [-0.4, -0.2) is 55.8 Å². The summed E-state index contributed by atoms with van der Waals surface area (Å²) in [5, 5.41) is 12.4. The number of rotatable bonds is 6. The Morgan fingerprint density at radius 3 is 1.12 bits per heavy atom. The van der Waals surface area contributed by atoms with Crippen molar-refractivity contribution in [1.82, 2.24) is 29.1 Å². The SMILES string of the molecule is CC1(C)OB(c2ccc(-c3nc4ccccc4c4sc5c6ccccc6n(-c6ccccc6)c5c34)cc2)OC1(C)C.Clc1ccc(-c2nc3ccccc3c3sc4c5ccccc5[nH]c4c23)cc1.Clc1ccc(-c2nc3ccccc3c3sc4c5ccccc5n(-c5ccccc5)c4c23)cc1.Ic1ccccc1.[B]. The van der Waals surface area contributed by atoms with Crippen LogP contribution in [0.25, 0.3) is 171 Å². The lowest BCUT2D eigenvalue weighted by Crippen LogP contribution is -2.41. The van der Waals surface area contributed by atoms with E-state index >= 15 is 0 Å². The molecule has 10 heterocycles. The number of fused-ring (bicyclic) bond motifs is 21. The fourth-order valence-corrected chi connectivity index (χ4v) is 19.7. The summed E-state index contributed by atoms with van der Waals surface area (Å²) in [5.41, 5.74) is 19.0. The highest BCUT2D eigenvalue weighted by Gasteiger charge is 2.51. The third-order valence-corrected chi connectivity index (χ3v) is 25.9. The van der Waals surface area contributed by atoms with E-state index in [1.54, 1.807) is 0 Å². The van der Waals surface area contributed by atoms with Crippen LogP contribution in [0.5, 0.6) is 0 Å². The number of nitrogens with zero attached hydrogens (tertiary/aromatic N) is 5. The topological polar surface area (TPSA) is 82.8 Å². The fourth-order valence-electron chi connectivity index (χ4n) is 15.0. The molecule has 8 nitrogen and oxygen atoms in total. The van der Waals surface area contributed by atoms with Crippen molar-refractivity contribution in [3.8, 4) is 45.1 Å². The second-order valence-corrected chi connectivity index (χ2v) is 33.2. The van der Waals surface area contributed by atoms with Gasteiger partial charge >= 0.3 is 7.12 Å². The molecule has 3 radical (unpaired) electrons. The molecule has 1 aliphatic rings. The van der Waals surface area contributed by atoms with Crippen LogP contribution in [0.4, 0.5) is 0 Å². The van der Waals surface area contributed by atoms with Gasteiger partial charge in [0, 0.05) is 118 Å². The van der Waals surface area contributed by atoms with E-state index < -0.39 is 7.12 Å². The molecule has 0 saturated carbocycles. The number of aromatic amines is 1. The summed E-state index contributed by atoms with van der Waals surface area (Å²) in [5.74, 6) is 0. The molecule has 523 valence electrons. The lowest BCUT2D eigenvalue weighted by atomic mass is 9.78. The monoisotopic (exact) mass is 1610 g/mol. The minimum atomic E-state index is -0.396. The number of hydrogen-bond acceptors (Lipinski definition) is 8. The average molecular weight is 1610 g/mol. The third kappa shape index (κ3) is 12.3. The Labute approximate surface area is 666 Å². The van der Waals surface area contributed by atoms with E-state index in [9.17, 15) is 0 Å². The van der Waals surface area contributed by atoms with Crippen LogP contribution >= 0.6 is 79.8 Å². The first-order chi connectivity index (χ1) is 52.8. The predicted octanol–water partition coefficient (Wildman–Crippen LogP) is 26.7. The minimum absolute atomic E-state index is 0. The molecule has 0 atom stereocenters. The van der Waals surface area contributed by atoms with Crippen molar-refractivity contribution in [1.29, 1.82) is 0 Å². The van der Waals surface area contributed by atoms with Crippen molar-refractivity contribution in [3.05, 3.63) is 323 Å². The van der Waals surface area contributed by atoms with Crippen LogP contribution in [0, 0.1) is 3.57 Å². The summed E-state index contributed by atoms with van der Waals surface area (Å²) in [6.45, 7) is 8.35. The summed E-state index contributed by atoms with van der Waals surface area (Å²) in [6, 6.07) is 107.